The largest absolute Gasteiger partial charge is 0.481 e. The van der Waals surface area contributed by atoms with Crippen LogP contribution in [0.4, 0.5) is 0 Å². The second kappa shape index (κ2) is 6.59. The molecular weight excluding hydrogens is 200 g/mol. The van der Waals surface area contributed by atoms with E-state index in [0.717, 1.165) is 12.5 Å². The van der Waals surface area contributed by atoms with Crippen molar-refractivity contribution in [3.05, 3.63) is 0 Å². The Balaban J connectivity index is 3.96. The molecule has 0 unspecified atom stereocenters. The molecule has 0 heterocycles. The molecule has 0 amide bonds. The first-order valence-corrected chi connectivity index (χ1v) is 7.35. The predicted octanol–water partition coefficient (Wildman–Crippen LogP) is 1.70. The molecule has 5 heteroatoms. The van der Waals surface area contributed by atoms with Crippen molar-refractivity contribution < 1.29 is 19.8 Å². The fourth-order valence-corrected chi connectivity index (χ4v) is 2.25. The molecule has 0 aliphatic heterocycles. The fourth-order valence-electron chi connectivity index (χ4n) is 1.26. The maximum atomic E-state index is 10.5. The summed E-state index contributed by atoms with van der Waals surface area (Å²) in [6.45, 7) is 4.28. The zero-order valence-corrected chi connectivity index (χ0v) is 9.62. The van der Waals surface area contributed by atoms with Crippen LogP contribution in [-0.4, -0.2) is 30.9 Å². The smallest absolute Gasteiger partial charge is 0.303 e. The minimum absolute atomic E-state index is 0.0263. The number of rotatable bonds is 7. The van der Waals surface area contributed by atoms with E-state index in [9.17, 15) is 9.59 Å². The summed E-state index contributed by atoms with van der Waals surface area (Å²) < 4.78 is 0. The minimum Gasteiger partial charge on any atom is -0.481 e. The Morgan fingerprint density at radius 1 is 1.14 bits per heavy atom. The molecule has 0 spiro atoms. The van der Waals surface area contributed by atoms with Crippen LogP contribution < -0.4 is 0 Å². The second-order valence-electron chi connectivity index (χ2n) is 3.81. The summed E-state index contributed by atoms with van der Waals surface area (Å²) in [5, 5.41) is 17.2. The molecule has 0 aromatic carbocycles. The summed E-state index contributed by atoms with van der Waals surface area (Å²) in [6.07, 6.45) is 0.669. The lowest BCUT2D eigenvalue weighted by atomic mass is 9.99. The van der Waals surface area contributed by atoms with Crippen LogP contribution >= 0.6 is 0 Å². The van der Waals surface area contributed by atoms with Crippen LogP contribution in [0, 0.1) is 5.92 Å². The number of carboxylic acids is 2. The SMILES string of the molecule is C[Si](C)CCC(CC(=O)O)CC(=O)O. The molecule has 2 N–H and O–H groups in total. The van der Waals surface area contributed by atoms with Gasteiger partial charge in [0.05, 0.1) is 0 Å². The van der Waals surface area contributed by atoms with Gasteiger partial charge in [-0.25, -0.2) is 0 Å². The number of carbonyl (C=O) groups is 2. The standard InChI is InChI=1S/C9H17O4Si/c1-14(2)4-3-7(5-8(10)11)6-9(12)13/h7H,3-6H2,1-2H3,(H,10,11)(H,12,13). The summed E-state index contributed by atoms with van der Waals surface area (Å²) in [6, 6.07) is 0.982. The van der Waals surface area contributed by atoms with E-state index in [1.807, 2.05) is 0 Å². The predicted molar refractivity (Wildman–Crippen MR) is 54.9 cm³/mol. The van der Waals surface area contributed by atoms with Crippen LogP contribution in [-0.2, 0) is 9.59 Å². The van der Waals surface area contributed by atoms with E-state index < -0.39 is 11.9 Å². The lowest BCUT2D eigenvalue weighted by molar-refractivity contribution is -0.140. The van der Waals surface area contributed by atoms with Crippen LogP contribution in [0.3, 0.4) is 0 Å². The highest BCUT2D eigenvalue weighted by Crippen LogP contribution is 2.17. The van der Waals surface area contributed by atoms with Crippen LogP contribution in [0.5, 0.6) is 0 Å². The van der Waals surface area contributed by atoms with Gasteiger partial charge in [0.2, 0.25) is 0 Å². The normalized spacial score (nSPS) is 10.9. The average molecular weight is 217 g/mol. The molecule has 0 atom stereocenters. The number of carboxylic acid groups (broad SMARTS) is 2. The lowest BCUT2D eigenvalue weighted by Crippen LogP contribution is -2.14. The zero-order chi connectivity index (χ0) is 11.1. The van der Waals surface area contributed by atoms with E-state index in [1.54, 1.807) is 0 Å². The Morgan fingerprint density at radius 3 is 1.86 bits per heavy atom. The fraction of sp³-hybridized carbons (Fsp3) is 0.778. The van der Waals surface area contributed by atoms with Crippen molar-refractivity contribution in [1.82, 2.24) is 0 Å². The molecule has 0 aliphatic carbocycles. The summed E-state index contributed by atoms with van der Waals surface area (Å²) in [5.41, 5.74) is 0. The van der Waals surface area contributed by atoms with E-state index in [0.29, 0.717) is 0 Å². The third-order valence-electron chi connectivity index (χ3n) is 1.98. The van der Waals surface area contributed by atoms with Gasteiger partial charge in [-0.2, -0.15) is 0 Å². The van der Waals surface area contributed by atoms with Gasteiger partial charge in [0.25, 0.3) is 0 Å². The van der Waals surface area contributed by atoms with Gasteiger partial charge >= 0.3 is 11.9 Å². The third kappa shape index (κ3) is 7.79. The van der Waals surface area contributed by atoms with Gasteiger partial charge in [-0.15, -0.1) is 0 Å². The average Bonchev–Trinajstić information content (AvgIpc) is 1.97. The minimum atomic E-state index is -0.905. The quantitative estimate of drug-likeness (QED) is 0.636. The van der Waals surface area contributed by atoms with Gasteiger partial charge in [0.15, 0.2) is 0 Å². The van der Waals surface area contributed by atoms with E-state index in [-0.39, 0.29) is 27.6 Å². The first-order chi connectivity index (χ1) is 6.41. The third-order valence-corrected chi connectivity index (χ3v) is 3.27. The number of aliphatic carboxylic acids is 2. The van der Waals surface area contributed by atoms with E-state index in [4.69, 9.17) is 10.2 Å². The Bertz CT molecular complexity index is 187. The van der Waals surface area contributed by atoms with E-state index >= 15 is 0 Å². The number of hydrogen-bond acceptors (Lipinski definition) is 2. The molecule has 0 bridgehead atoms. The van der Waals surface area contributed by atoms with Crippen LogP contribution in [0.1, 0.15) is 19.3 Å². The van der Waals surface area contributed by atoms with E-state index in [2.05, 4.69) is 13.1 Å². The number of hydrogen-bond donors (Lipinski definition) is 2. The highest BCUT2D eigenvalue weighted by atomic mass is 28.3. The Kier molecular flexibility index (Phi) is 6.19. The van der Waals surface area contributed by atoms with Crippen molar-refractivity contribution >= 4 is 20.7 Å². The zero-order valence-electron chi connectivity index (χ0n) is 8.62. The van der Waals surface area contributed by atoms with Gasteiger partial charge in [0.1, 0.15) is 0 Å². The molecule has 0 aliphatic rings. The van der Waals surface area contributed by atoms with Gasteiger partial charge in [-0.05, 0) is 5.92 Å². The van der Waals surface area contributed by atoms with Crippen LogP contribution in [0.15, 0.2) is 0 Å². The highest BCUT2D eigenvalue weighted by Gasteiger charge is 2.17. The Morgan fingerprint density at radius 2 is 1.57 bits per heavy atom. The Hall–Kier alpha value is -0.843. The first kappa shape index (κ1) is 13.2. The molecule has 0 fully saturated rings. The van der Waals surface area contributed by atoms with Crippen molar-refractivity contribution in [2.24, 2.45) is 5.92 Å². The topological polar surface area (TPSA) is 74.6 Å². The van der Waals surface area contributed by atoms with Crippen molar-refractivity contribution in [2.45, 2.75) is 38.4 Å². The maximum absolute atomic E-state index is 10.5. The van der Waals surface area contributed by atoms with Crippen LogP contribution in [0.2, 0.25) is 19.1 Å². The maximum Gasteiger partial charge on any atom is 0.303 e. The summed E-state index contributed by atoms with van der Waals surface area (Å²) in [7, 11) is -0.386. The monoisotopic (exact) mass is 217 g/mol. The van der Waals surface area contributed by atoms with Gasteiger partial charge in [-0.1, -0.05) is 25.6 Å². The summed E-state index contributed by atoms with van der Waals surface area (Å²) in [5.74, 6) is -2.01. The molecule has 0 saturated heterocycles. The van der Waals surface area contributed by atoms with Gasteiger partial charge in [0, 0.05) is 21.6 Å². The Labute approximate surface area is 85.5 Å². The molecule has 1 radical (unpaired) electrons. The molecule has 4 nitrogen and oxygen atoms in total. The van der Waals surface area contributed by atoms with Crippen molar-refractivity contribution in [1.29, 1.82) is 0 Å². The highest BCUT2D eigenvalue weighted by molar-refractivity contribution is 6.55. The molecular formula is C9H17O4Si. The van der Waals surface area contributed by atoms with Crippen molar-refractivity contribution in [3.8, 4) is 0 Å². The molecule has 0 aromatic rings. The molecule has 0 rings (SSSR count). The van der Waals surface area contributed by atoms with Crippen molar-refractivity contribution in [3.63, 3.8) is 0 Å². The summed E-state index contributed by atoms with van der Waals surface area (Å²) >= 11 is 0. The lowest BCUT2D eigenvalue weighted by Gasteiger charge is -2.12. The summed E-state index contributed by atoms with van der Waals surface area (Å²) in [4.78, 5) is 20.9. The molecule has 81 valence electrons. The van der Waals surface area contributed by atoms with Gasteiger partial charge < -0.3 is 10.2 Å². The molecule has 14 heavy (non-hydrogen) atoms. The van der Waals surface area contributed by atoms with Gasteiger partial charge in [-0.3, -0.25) is 9.59 Å². The first-order valence-electron chi connectivity index (χ1n) is 4.64. The molecule has 0 saturated carbocycles. The van der Waals surface area contributed by atoms with Crippen LogP contribution in [0.25, 0.3) is 0 Å². The van der Waals surface area contributed by atoms with E-state index in [1.165, 1.54) is 0 Å². The second-order valence-corrected chi connectivity index (χ2v) is 6.72. The van der Waals surface area contributed by atoms with Crippen molar-refractivity contribution in [2.75, 3.05) is 0 Å². The molecule has 0 aromatic heterocycles.